The minimum Gasteiger partial charge on any atom is -0.308 e. The van der Waals surface area contributed by atoms with E-state index in [0.29, 0.717) is 11.7 Å². The van der Waals surface area contributed by atoms with Crippen LogP contribution in [0.1, 0.15) is 42.4 Å². The van der Waals surface area contributed by atoms with Crippen molar-refractivity contribution in [3.63, 3.8) is 0 Å². The molecule has 100 valence electrons. The van der Waals surface area contributed by atoms with Gasteiger partial charge in [0.05, 0.1) is 0 Å². The van der Waals surface area contributed by atoms with E-state index in [0.717, 1.165) is 17.9 Å². The molecule has 0 radical (unpaired) electrons. The zero-order valence-electron chi connectivity index (χ0n) is 11.6. The number of nitrogens with one attached hydrogen (secondary N) is 1. The molecule has 0 aliphatic heterocycles. The lowest BCUT2D eigenvalue weighted by molar-refractivity contribution is 0.792. The van der Waals surface area contributed by atoms with E-state index >= 15 is 0 Å². The normalized spacial score (nSPS) is 10.8. The first kappa shape index (κ1) is 13.5. The summed E-state index contributed by atoms with van der Waals surface area (Å²) in [6.45, 7) is 6.30. The molecule has 1 aromatic heterocycles. The second kappa shape index (κ2) is 5.80. The van der Waals surface area contributed by atoms with E-state index in [-0.39, 0.29) is 0 Å². The Kier molecular flexibility index (Phi) is 4.12. The van der Waals surface area contributed by atoms with Gasteiger partial charge in [-0.25, -0.2) is 15.8 Å². The lowest BCUT2D eigenvalue weighted by Crippen LogP contribution is -2.12. The van der Waals surface area contributed by atoms with Crippen molar-refractivity contribution in [1.82, 2.24) is 9.97 Å². The quantitative estimate of drug-likeness (QED) is 0.652. The molecule has 0 atom stereocenters. The van der Waals surface area contributed by atoms with Crippen molar-refractivity contribution in [1.29, 1.82) is 0 Å². The highest BCUT2D eigenvalue weighted by molar-refractivity contribution is 5.36. The fraction of sp³-hybridized carbons (Fsp3) is 0.333. The number of anilines is 1. The maximum atomic E-state index is 5.46. The van der Waals surface area contributed by atoms with Crippen LogP contribution in [0, 0.1) is 6.92 Å². The van der Waals surface area contributed by atoms with Crippen molar-refractivity contribution >= 4 is 5.82 Å². The third kappa shape index (κ3) is 3.51. The van der Waals surface area contributed by atoms with Crippen LogP contribution >= 0.6 is 0 Å². The van der Waals surface area contributed by atoms with Crippen LogP contribution in [-0.2, 0) is 6.42 Å². The van der Waals surface area contributed by atoms with Crippen molar-refractivity contribution in [2.75, 3.05) is 5.43 Å². The van der Waals surface area contributed by atoms with E-state index in [4.69, 9.17) is 5.84 Å². The highest BCUT2D eigenvalue weighted by atomic mass is 15.3. The van der Waals surface area contributed by atoms with Gasteiger partial charge in [0, 0.05) is 18.2 Å². The molecule has 0 saturated carbocycles. The molecule has 3 N–H and O–H groups in total. The third-order valence-electron chi connectivity index (χ3n) is 3.01. The van der Waals surface area contributed by atoms with E-state index < -0.39 is 0 Å². The topological polar surface area (TPSA) is 63.8 Å². The zero-order chi connectivity index (χ0) is 13.8. The second-order valence-corrected chi connectivity index (χ2v) is 5.06. The Balaban J connectivity index is 2.28. The Labute approximate surface area is 114 Å². The second-order valence-electron chi connectivity index (χ2n) is 5.06. The van der Waals surface area contributed by atoms with Crippen molar-refractivity contribution in [3.05, 3.63) is 53.0 Å². The Hall–Kier alpha value is -1.94. The molecule has 0 saturated heterocycles. The van der Waals surface area contributed by atoms with Crippen molar-refractivity contribution < 1.29 is 0 Å². The third-order valence-corrected chi connectivity index (χ3v) is 3.01. The molecule has 1 aromatic carbocycles. The molecule has 4 nitrogen and oxygen atoms in total. The van der Waals surface area contributed by atoms with Gasteiger partial charge >= 0.3 is 0 Å². The van der Waals surface area contributed by atoms with Crippen LogP contribution in [0.15, 0.2) is 30.3 Å². The van der Waals surface area contributed by atoms with Gasteiger partial charge in [-0.3, -0.25) is 0 Å². The van der Waals surface area contributed by atoms with Gasteiger partial charge in [-0.1, -0.05) is 43.7 Å². The molecule has 0 amide bonds. The lowest BCUT2D eigenvalue weighted by Gasteiger charge is -2.10. The highest BCUT2D eigenvalue weighted by Gasteiger charge is 2.08. The Morgan fingerprint density at radius 1 is 1.16 bits per heavy atom. The Morgan fingerprint density at radius 2 is 1.84 bits per heavy atom. The van der Waals surface area contributed by atoms with Gasteiger partial charge in [-0.2, -0.15) is 0 Å². The van der Waals surface area contributed by atoms with Gasteiger partial charge in [0.15, 0.2) is 0 Å². The molecular formula is C15H20N4. The molecule has 19 heavy (non-hydrogen) atoms. The molecule has 4 heteroatoms. The molecule has 1 heterocycles. The maximum absolute atomic E-state index is 5.46. The fourth-order valence-corrected chi connectivity index (χ4v) is 1.85. The van der Waals surface area contributed by atoms with Gasteiger partial charge < -0.3 is 5.43 Å². The monoisotopic (exact) mass is 256 g/mol. The minimum absolute atomic E-state index is 0.354. The summed E-state index contributed by atoms with van der Waals surface area (Å²) in [5.74, 6) is 7.28. The summed E-state index contributed by atoms with van der Waals surface area (Å²) in [5, 5.41) is 0. The first-order chi connectivity index (χ1) is 9.08. The fourth-order valence-electron chi connectivity index (χ4n) is 1.85. The van der Waals surface area contributed by atoms with Crippen LogP contribution in [0.25, 0.3) is 0 Å². The number of nitrogen functional groups attached to an aromatic ring is 1. The van der Waals surface area contributed by atoms with E-state index in [2.05, 4.69) is 60.4 Å². The number of benzene rings is 1. The molecular weight excluding hydrogens is 236 g/mol. The summed E-state index contributed by atoms with van der Waals surface area (Å²) in [5.41, 5.74) is 6.07. The molecule has 2 aromatic rings. The Bertz CT molecular complexity index is 547. The Morgan fingerprint density at radius 3 is 2.42 bits per heavy atom. The number of rotatable bonds is 4. The van der Waals surface area contributed by atoms with Gasteiger partial charge in [-0.05, 0) is 18.4 Å². The summed E-state index contributed by atoms with van der Waals surface area (Å²) in [7, 11) is 0. The largest absolute Gasteiger partial charge is 0.308 e. The van der Waals surface area contributed by atoms with Crippen LogP contribution in [0.2, 0.25) is 0 Å². The molecule has 0 spiro atoms. The summed E-state index contributed by atoms with van der Waals surface area (Å²) in [6.07, 6.45) is 0.718. The van der Waals surface area contributed by atoms with Gasteiger partial charge in [0.25, 0.3) is 0 Å². The number of hydrazine groups is 1. The van der Waals surface area contributed by atoms with Crippen LogP contribution in [0.4, 0.5) is 5.82 Å². The standard InChI is InChI=1S/C15H20N4/c1-10(2)13-9-15(19-16)18-14(17-13)8-12-6-4-11(3)5-7-12/h4-7,9-10H,8,16H2,1-3H3,(H,17,18,19). The van der Waals surface area contributed by atoms with E-state index in [1.54, 1.807) is 0 Å². The molecule has 0 aliphatic carbocycles. The van der Waals surface area contributed by atoms with E-state index in [1.807, 2.05) is 6.07 Å². The smallest absolute Gasteiger partial charge is 0.143 e. The average molecular weight is 256 g/mol. The molecule has 0 unspecified atom stereocenters. The maximum Gasteiger partial charge on any atom is 0.143 e. The summed E-state index contributed by atoms with van der Waals surface area (Å²) in [4.78, 5) is 9.00. The number of nitrogens with zero attached hydrogens (tertiary/aromatic N) is 2. The van der Waals surface area contributed by atoms with Crippen molar-refractivity contribution in [2.24, 2.45) is 5.84 Å². The summed E-state index contributed by atoms with van der Waals surface area (Å²) in [6, 6.07) is 10.3. The molecule has 0 fully saturated rings. The summed E-state index contributed by atoms with van der Waals surface area (Å²) < 4.78 is 0. The van der Waals surface area contributed by atoms with Crippen LogP contribution in [0.3, 0.4) is 0 Å². The highest BCUT2D eigenvalue weighted by Crippen LogP contribution is 2.16. The van der Waals surface area contributed by atoms with Gasteiger partial charge in [0.2, 0.25) is 0 Å². The zero-order valence-corrected chi connectivity index (χ0v) is 11.6. The first-order valence-electron chi connectivity index (χ1n) is 6.48. The van der Waals surface area contributed by atoms with Crippen LogP contribution in [0.5, 0.6) is 0 Å². The number of hydrogen-bond acceptors (Lipinski definition) is 4. The van der Waals surface area contributed by atoms with Crippen LogP contribution < -0.4 is 11.3 Å². The average Bonchev–Trinajstić information content (AvgIpc) is 2.41. The van der Waals surface area contributed by atoms with E-state index in [9.17, 15) is 0 Å². The van der Waals surface area contributed by atoms with E-state index in [1.165, 1.54) is 11.1 Å². The predicted octanol–water partition coefficient (Wildman–Crippen LogP) is 2.78. The van der Waals surface area contributed by atoms with Crippen molar-refractivity contribution in [3.8, 4) is 0 Å². The number of hydrogen-bond donors (Lipinski definition) is 2. The van der Waals surface area contributed by atoms with Gasteiger partial charge in [0.1, 0.15) is 11.6 Å². The lowest BCUT2D eigenvalue weighted by atomic mass is 10.1. The number of aromatic nitrogens is 2. The van der Waals surface area contributed by atoms with Crippen LogP contribution in [-0.4, -0.2) is 9.97 Å². The molecule has 2 rings (SSSR count). The SMILES string of the molecule is Cc1ccc(Cc2nc(NN)cc(C(C)C)n2)cc1. The van der Waals surface area contributed by atoms with Crippen molar-refractivity contribution in [2.45, 2.75) is 33.1 Å². The first-order valence-corrected chi connectivity index (χ1v) is 6.48. The van der Waals surface area contributed by atoms with Gasteiger partial charge in [-0.15, -0.1) is 0 Å². The molecule has 0 aliphatic rings. The molecule has 0 bridgehead atoms. The minimum atomic E-state index is 0.354. The predicted molar refractivity (Wildman–Crippen MR) is 77.9 cm³/mol. The summed E-state index contributed by atoms with van der Waals surface area (Å²) >= 11 is 0. The number of nitrogens with two attached hydrogens (primary N) is 1. The number of aryl methyl sites for hydroxylation is 1.